The zero-order chi connectivity index (χ0) is 9.07. The summed E-state index contributed by atoms with van der Waals surface area (Å²) >= 11 is 0. The summed E-state index contributed by atoms with van der Waals surface area (Å²) in [5.74, 6) is 0. The second kappa shape index (κ2) is 4.07. The van der Waals surface area contributed by atoms with Crippen LogP contribution in [0.3, 0.4) is 0 Å². The minimum atomic E-state index is -0.239. The second-order valence-corrected chi connectivity index (χ2v) is 3.99. The molecule has 2 heteroatoms. The van der Waals surface area contributed by atoms with Crippen LogP contribution >= 0.6 is 0 Å². The molecular formula is C9H21NO. The minimum absolute atomic E-state index is 0.00472. The lowest BCUT2D eigenvalue weighted by Crippen LogP contribution is -2.38. The van der Waals surface area contributed by atoms with Gasteiger partial charge in [-0.25, -0.2) is 0 Å². The van der Waals surface area contributed by atoms with Gasteiger partial charge in [-0.15, -0.1) is 0 Å². The Morgan fingerprint density at radius 1 is 1.45 bits per heavy atom. The summed E-state index contributed by atoms with van der Waals surface area (Å²) < 4.78 is 0. The number of hydrogen-bond donors (Lipinski definition) is 1. The quantitative estimate of drug-likeness (QED) is 0.669. The first-order valence-electron chi connectivity index (χ1n) is 4.26. The molecule has 0 spiro atoms. The monoisotopic (exact) mass is 159 g/mol. The summed E-state index contributed by atoms with van der Waals surface area (Å²) in [5, 5.41) is 9.40. The zero-order valence-electron chi connectivity index (χ0n) is 8.39. The molecule has 11 heavy (non-hydrogen) atoms. The van der Waals surface area contributed by atoms with Crippen LogP contribution in [-0.4, -0.2) is 36.2 Å². The van der Waals surface area contributed by atoms with Gasteiger partial charge in [0.05, 0.1) is 6.10 Å². The fraction of sp³-hybridized carbons (Fsp3) is 1.00. The smallest absolute Gasteiger partial charge is 0.0575 e. The van der Waals surface area contributed by atoms with Crippen LogP contribution in [0.4, 0.5) is 0 Å². The first kappa shape index (κ1) is 10.9. The highest BCUT2D eigenvalue weighted by Gasteiger charge is 2.24. The van der Waals surface area contributed by atoms with Gasteiger partial charge in [-0.3, -0.25) is 0 Å². The second-order valence-electron chi connectivity index (χ2n) is 3.99. The van der Waals surface area contributed by atoms with Gasteiger partial charge in [0.15, 0.2) is 0 Å². The predicted molar refractivity (Wildman–Crippen MR) is 48.6 cm³/mol. The van der Waals surface area contributed by atoms with E-state index in [1.54, 1.807) is 0 Å². The zero-order valence-corrected chi connectivity index (χ0v) is 8.39. The minimum Gasteiger partial charge on any atom is -0.393 e. The van der Waals surface area contributed by atoms with Crippen LogP contribution in [0.25, 0.3) is 0 Å². The van der Waals surface area contributed by atoms with Crippen LogP contribution in [0.1, 0.15) is 27.7 Å². The maximum Gasteiger partial charge on any atom is 0.0575 e. The molecule has 0 saturated carbocycles. The van der Waals surface area contributed by atoms with Crippen molar-refractivity contribution in [3.05, 3.63) is 0 Å². The van der Waals surface area contributed by atoms with Crippen LogP contribution in [-0.2, 0) is 0 Å². The lowest BCUT2D eigenvalue weighted by atomic mass is 9.87. The molecule has 0 saturated heterocycles. The Morgan fingerprint density at radius 2 is 1.91 bits per heavy atom. The van der Waals surface area contributed by atoms with Crippen molar-refractivity contribution in [1.82, 2.24) is 4.90 Å². The highest BCUT2D eigenvalue weighted by Crippen LogP contribution is 2.20. The van der Waals surface area contributed by atoms with E-state index in [4.69, 9.17) is 0 Å². The van der Waals surface area contributed by atoms with Crippen molar-refractivity contribution in [2.24, 2.45) is 5.41 Å². The molecule has 0 radical (unpaired) electrons. The number of rotatable bonds is 4. The van der Waals surface area contributed by atoms with Gasteiger partial charge in [-0.05, 0) is 20.5 Å². The van der Waals surface area contributed by atoms with Gasteiger partial charge >= 0.3 is 0 Å². The summed E-state index contributed by atoms with van der Waals surface area (Å²) in [5.41, 5.74) is 0.00472. The fourth-order valence-corrected chi connectivity index (χ4v) is 0.940. The molecule has 2 nitrogen and oxygen atoms in total. The average Bonchev–Trinajstić information content (AvgIpc) is 1.86. The molecular weight excluding hydrogens is 138 g/mol. The molecule has 0 fully saturated rings. The van der Waals surface area contributed by atoms with Crippen molar-refractivity contribution in [2.45, 2.75) is 33.8 Å². The Hall–Kier alpha value is -0.0800. The molecule has 0 heterocycles. The molecule has 68 valence electrons. The molecule has 0 rings (SSSR count). The summed E-state index contributed by atoms with van der Waals surface area (Å²) in [6.45, 7) is 10.1. The fourth-order valence-electron chi connectivity index (χ4n) is 0.940. The Morgan fingerprint density at radius 3 is 2.18 bits per heavy atom. The van der Waals surface area contributed by atoms with Gasteiger partial charge in [-0.1, -0.05) is 20.8 Å². The van der Waals surface area contributed by atoms with Gasteiger partial charge in [0.1, 0.15) is 0 Å². The third kappa shape index (κ3) is 3.73. The summed E-state index contributed by atoms with van der Waals surface area (Å²) in [6.07, 6.45) is -0.239. The van der Waals surface area contributed by atoms with E-state index in [0.29, 0.717) is 0 Å². The van der Waals surface area contributed by atoms with Gasteiger partial charge in [0.25, 0.3) is 0 Å². The molecule has 0 aliphatic rings. The predicted octanol–water partition coefficient (Wildman–Crippen LogP) is 1.35. The summed E-state index contributed by atoms with van der Waals surface area (Å²) in [6, 6.07) is 0. The van der Waals surface area contributed by atoms with Gasteiger partial charge in [-0.2, -0.15) is 0 Å². The van der Waals surface area contributed by atoms with Crippen LogP contribution < -0.4 is 0 Å². The lowest BCUT2D eigenvalue weighted by Gasteiger charge is -2.32. The van der Waals surface area contributed by atoms with Crippen LogP contribution in [0.2, 0.25) is 0 Å². The SMILES string of the molecule is CCN(C)CC(C)(C)C(C)O. The van der Waals surface area contributed by atoms with E-state index < -0.39 is 0 Å². The highest BCUT2D eigenvalue weighted by atomic mass is 16.3. The van der Waals surface area contributed by atoms with Crippen molar-refractivity contribution in [1.29, 1.82) is 0 Å². The first-order chi connectivity index (χ1) is 4.90. The maximum atomic E-state index is 9.40. The van der Waals surface area contributed by atoms with Crippen molar-refractivity contribution >= 4 is 0 Å². The molecule has 0 aliphatic heterocycles. The molecule has 0 aromatic rings. The number of aliphatic hydroxyl groups excluding tert-OH is 1. The van der Waals surface area contributed by atoms with Crippen molar-refractivity contribution < 1.29 is 5.11 Å². The van der Waals surface area contributed by atoms with Crippen molar-refractivity contribution in [3.8, 4) is 0 Å². The lowest BCUT2D eigenvalue weighted by molar-refractivity contribution is 0.0420. The Kier molecular flexibility index (Phi) is 4.04. The van der Waals surface area contributed by atoms with Crippen LogP contribution in [0.5, 0.6) is 0 Å². The average molecular weight is 159 g/mol. The Bertz CT molecular complexity index is 110. The number of hydrogen-bond acceptors (Lipinski definition) is 2. The number of aliphatic hydroxyl groups is 1. The van der Waals surface area contributed by atoms with Crippen LogP contribution in [0, 0.1) is 5.41 Å². The van der Waals surface area contributed by atoms with E-state index in [2.05, 4.69) is 32.7 Å². The van der Waals surface area contributed by atoms with Gasteiger partial charge < -0.3 is 10.0 Å². The Labute approximate surface area is 70.2 Å². The Balaban J connectivity index is 3.90. The molecule has 0 aliphatic carbocycles. The topological polar surface area (TPSA) is 23.5 Å². The van der Waals surface area contributed by atoms with Crippen molar-refractivity contribution in [2.75, 3.05) is 20.1 Å². The maximum absolute atomic E-state index is 9.40. The van der Waals surface area contributed by atoms with Gasteiger partial charge in [0, 0.05) is 12.0 Å². The largest absolute Gasteiger partial charge is 0.393 e. The standard InChI is InChI=1S/C9H21NO/c1-6-10(5)7-9(3,4)8(2)11/h8,11H,6-7H2,1-5H3. The van der Waals surface area contributed by atoms with Gasteiger partial charge in [0.2, 0.25) is 0 Å². The van der Waals surface area contributed by atoms with E-state index >= 15 is 0 Å². The number of nitrogens with zero attached hydrogens (tertiary/aromatic N) is 1. The highest BCUT2D eigenvalue weighted by molar-refractivity contribution is 4.77. The third-order valence-electron chi connectivity index (χ3n) is 2.35. The summed E-state index contributed by atoms with van der Waals surface area (Å²) in [4.78, 5) is 2.22. The third-order valence-corrected chi connectivity index (χ3v) is 2.35. The van der Waals surface area contributed by atoms with E-state index in [1.807, 2.05) is 6.92 Å². The van der Waals surface area contributed by atoms with E-state index in [9.17, 15) is 5.11 Å². The van der Waals surface area contributed by atoms with Crippen LogP contribution in [0.15, 0.2) is 0 Å². The molecule has 0 aromatic heterocycles. The summed E-state index contributed by atoms with van der Waals surface area (Å²) in [7, 11) is 2.07. The molecule has 1 unspecified atom stereocenters. The first-order valence-corrected chi connectivity index (χ1v) is 4.26. The molecule has 0 aromatic carbocycles. The van der Waals surface area contributed by atoms with E-state index in [1.165, 1.54) is 0 Å². The normalized spacial score (nSPS) is 15.5. The molecule has 0 amide bonds. The van der Waals surface area contributed by atoms with E-state index in [0.717, 1.165) is 13.1 Å². The molecule has 1 atom stereocenters. The van der Waals surface area contributed by atoms with E-state index in [-0.39, 0.29) is 11.5 Å². The van der Waals surface area contributed by atoms with Crippen molar-refractivity contribution in [3.63, 3.8) is 0 Å². The molecule has 0 bridgehead atoms. The molecule has 1 N–H and O–H groups in total.